The van der Waals surface area contributed by atoms with Crippen LogP contribution in [-0.2, 0) is 29.8 Å². The molecule has 1 saturated carbocycles. The molecular weight excluding hydrogens is 542 g/mol. The molecule has 1 fully saturated rings. The van der Waals surface area contributed by atoms with Crippen LogP contribution in [0.5, 0.6) is 0 Å². The van der Waals surface area contributed by atoms with E-state index < -0.39 is 32.9 Å². The number of nitrogens with one attached hydrogen (secondary N) is 1. The highest BCUT2D eigenvalue weighted by atomic mass is 35.5. The quantitative estimate of drug-likeness (QED) is 0.321. The Morgan fingerprint density at radius 2 is 1.81 bits per heavy atom. The van der Waals surface area contributed by atoms with Gasteiger partial charge in [0.15, 0.2) is 0 Å². The molecule has 2 aromatic carbocycles. The number of aliphatic carboxylic acids is 1. The van der Waals surface area contributed by atoms with Crippen LogP contribution in [-0.4, -0.2) is 49.1 Å². The van der Waals surface area contributed by atoms with Crippen LogP contribution in [0.25, 0.3) is 10.4 Å². The van der Waals surface area contributed by atoms with E-state index in [1.807, 2.05) is 6.07 Å². The zero-order chi connectivity index (χ0) is 26.0. The second kappa shape index (κ2) is 10.5. The van der Waals surface area contributed by atoms with Crippen molar-refractivity contribution in [3.63, 3.8) is 0 Å². The van der Waals surface area contributed by atoms with E-state index in [4.69, 9.17) is 16.3 Å². The highest BCUT2D eigenvalue weighted by Gasteiger charge is 2.74. The summed E-state index contributed by atoms with van der Waals surface area (Å²) >= 11 is 8.23. The van der Waals surface area contributed by atoms with Crippen LogP contribution in [0.3, 0.4) is 0 Å². The maximum Gasteiger partial charge on any atom is 0.325 e. The molecule has 2 N–H and O–H groups in total. The molecule has 2 atom stereocenters. The Kier molecular flexibility index (Phi) is 7.82. The first-order valence-electron chi connectivity index (χ1n) is 11.1. The summed E-state index contributed by atoms with van der Waals surface area (Å²) in [7, 11) is -4.16. The molecule has 1 aliphatic carbocycles. The van der Waals surface area contributed by atoms with Gasteiger partial charge < -0.3 is 9.84 Å². The van der Waals surface area contributed by atoms with Crippen molar-refractivity contribution in [3.8, 4) is 10.4 Å². The van der Waals surface area contributed by atoms with Gasteiger partial charge in [0.25, 0.3) is 10.0 Å². The average Bonchev–Trinajstić information content (AvgIpc) is 3.22. The van der Waals surface area contributed by atoms with Gasteiger partial charge in [0, 0.05) is 21.1 Å². The molecule has 4 rings (SSSR count). The molecule has 2 unspecified atom stereocenters. The molecule has 0 aliphatic heterocycles. The van der Waals surface area contributed by atoms with Gasteiger partial charge in [-0.1, -0.05) is 54.1 Å². The monoisotopic (exact) mass is 565 g/mol. The summed E-state index contributed by atoms with van der Waals surface area (Å²) in [4.78, 5) is 25.2. The van der Waals surface area contributed by atoms with Gasteiger partial charge in [-0.25, -0.2) is 8.42 Å². The van der Waals surface area contributed by atoms with Crippen molar-refractivity contribution in [1.29, 1.82) is 0 Å². The summed E-state index contributed by atoms with van der Waals surface area (Å²) in [5.74, 6) is -1.40. The van der Waals surface area contributed by atoms with E-state index in [1.54, 1.807) is 61.5 Å². The van der Waals surface area contributed by atoms with Crippen molar-refractivity contribution in [3.05, 3.63) is 77.3 Å². The number of carbonyl (C=O) groups is 2. The molecule has 0 bridgehead atoms. The SMILES string of the molecule is CCOC(=O)CSCC1(c2ccccc2)CC1(NS(=O)(=O)c1ccc(-c2ccc(Cl)cc2)s1)C(=O)O. The van der Waals surface area contributed by atoms with Crippen LogP contribution in [0.4, 0.5) is 0 Å². The minimum atomic E-state index is -4.16. The minimum absolute atomic E-state index is 0.0149. The number of carboxylic acid groups (broad SMARTS) is 1. The number of esters is 1. The van der Waals surface area contributed by atoms with E-state index in [2.05, 4.69) is 4.72 Å². The van der Waals surface area contributed by atoms with Crippen LogP contribution >= 0.6 is 34.7 Å². The third-order valence-electron chi connectivity index (χ3n) is 6.11. The lowest BCUT2D eigenvalue weighted by Gasteiger charge is -2.24. The average molecular weight is 566 g/mol. The molecule has 7 nitrogen and oxygen atoms in total. The van der Waals surface area contributed by atoms with Gasteiger partial charge in [0.1, 0.15) is 9.75 Å². The topological polar surface area (TPSA) is 110 Å². The number of hydrogen-bond acceptors (Lipinski definition) is 7. The van der Waals surface area contributed by atoms with E-state index in [0.29, 0.717) is 15.5 Å². The van der Waals surface area contributed by atoms with Crippen LogP contribution in [0.1, 0.15) is 18.9 Å². The summed E-state index contributed by atoms with van der Waals surface area (Å²) < 4.78 is 34.3. The van der Waals surface area contributed by atoms with Crippen molar-refractivity contribution in [2.45, 2.75) is 28.5 Å². The lowest BCUT2D eigenvalue weighted by molar-refractivity contribution is -0.141. The Balaban J connectivity index is 1.63. The maximum absolute atomic E-state index is 13.4. The molecule has 1 heterocycles. The number of ether oxygens (including phenoxy) is 1. The van der Waals surface area contributed by atoms with Gasteiger partial charge in [-0.15, -0.1) is 23.1 Å². The summed E-state index contributed by atoms with van der Waals surface area (Å²) in [6.07, 6.45) is 0.0593. The molecule has 0 radical (unpaired) electrons. The highest BCUT2D eigenvalue weighted by molar-refractivity contribution is 8.00. The van der Waals surface area contributed by atoms with Gasteiger partial charge in [-0.2, -0.15) is 4.72 Å². The minimum Gasteiger partial charge on any atom is -0.480 e. The Morgan fingerprint density at radius 3 is 2.44 bits per heavy atom. The van der Waals surface area contributed by atoms with Gasteiger partial charge >= 0.3 is 11.9 Å². The zero-order valence-electron chi connectivity index (χ0n) is 19.3. The number of carbonyl (C=O) groups excluding carboxylic acids is 1. The van der Waals surface area contributed by atoms with E-state index in [9.17, 15) is 23.1 Å². The number of rotatable bonds is 11. The molecule has 36 heavy (non-hydrogen) atoms. The third-order valence-corrected chi connectivity index (χ3v) is 10.6. The molecule has 0 saturated heterocycles. The van der Waals surface area contributed by atoms with Crippen LogP contribution in [0, 0.1) is 0 Å². The van der Waals surface area contributed by atoms with Gasteiger partial charge in [0.05, 0.1) is 12.4 Å². The van der Waals surface area contributed by atoms with E-state index >= 15 is 0 Å². The standard InChI is InChI=1S/C25H24ClNO6S3/c1-2-33-21(28)14-34-16-24(18-6-4-3-5-7-18)15-25(24,23(29)30)27-36(31,32)22-13-12-20(35-22)17-8-10-19(26)11-9-17/h3-13,27H,2,14-16H2,1H3,(H,29,30). The van der Waals surface area contributed by atoms with Crippen molar-refractivity contribution in [2.24, 2.45) is 0 Å². The van der Waals surface area contributed by atoms with Crippen molar-refractivity contribution in [1.82, 2.24) is 4.72 Å². The first-order chi connectivity index (χ1) is 17.1. The van der Waals surface area contributed by atoms with Gasteiger partial charge in [-0.05, 0) is 48.7 Å². The molecule has 0 amide bonds. The molecular formula is C25H24ClNO6S3. The number of hydrogen-bond donors (Lipinski definition) is 2. The third kappa shape index (κ3) is 5.19. The number of sulfonamides is 1. The summed E-state index contributed by atoms with van der Waals surface area (Å²) in [5.41, 5.74) is -1.28. The molecule has 1 aliphatic rings. The first kappa shape index (κ1) is 26.7. The van der Waals surface area contributed by atoms with E-state index in [0.717, 1.165) is 16.9 Å². The van der Waals surface area contributed by atoms with E-state index in [-0.39, 0.29) is 28.7 Å². The summed E-state index contributed by atoms with van der Waals surface area (Å²) in [5, 5.41) is 10.8. The van der Waals surface area contributed by atoms with Crippen molar-refractivity contribution < 1.29 is 27.9 Å². The maximum atomic E-state index is 13.4. The number of benzene rings is 2. The smallest absolute Gasteiger partial charge is 0.325 e. The largest absolute Gasteiger partial charge is 0.480 e. The summed E-state index contributed by atoms with van der Waals surface area (Å²) in [6.45, 7) is 1.96. The lowest BCUT2D eigenvalue weighted by Crippen LogP contribution is -2.49. The van der Waals surface area contributed by atoms with Gasteiger partial charge in [0.2, 0.25) is 0 Å². The van der Waals surface area contributed by atoms with Crippen LogP contribution in [0.15, 0.2) is 70.9 Å². The second-order valence-electron chi connectivity index (χ2n) is 8.36. The Labute approximate surface area is 222 Å². The van der Waals surface area contributed by atoms with E-state index in [1.165, 1.54) is 17.8 Å². The molecule has 3 aromatic rings. The van der Waals surface area contributed by atoms with Crippen LogP contribution in [0.2, 0.25) is 5.02 Å². The highest BCUT2D eigenvalue weighted by Crippen LogP contribution is 2.60. The van der Waals surface area contributed by atoms with Crippen molar-refractivity contribution in [2.75, 3.05) is 18.1 Å². The molecule has 190 valence electrons. The number of thioether (sulfide) groups is 1. The fraction of sp³-hybridized carbons (Fsp3) is 0.280. The molecule has 11 heteroatoms. The second-order valence-corrected chi connectivity index (χ2v) is 12.8. The zero-order valence-corrected chi connectivity index (χ0v) is 22.5. The fourth-order valence-corrected chi connectivity index (χ4v) is 8.33. The predicted octanol–water partition coefficient (Wildman–Crippen LogP) is 4.81. The fourth-order valence-electron chi connectivity index (χ4n) is 4.25. The number of halogens is 1. The Morgan fingerprint density at radius 1 is 1.11 bits per heavy atom. The normalized spacial score (nSPS) is 21.2. The van der Waals surface area contributed by atoms with Crippen LogP contribution < -0.4 is 4.72 Å². The Hall–Kier alpha value is -2.37. The first-order valence-corrected chi connectivity index (χ1v) is 14.9. The number of carboxylic acids is 1. The lowest BCUT2D eigenvalue weighted by atomic mass is 9.92. The van der Waals surface area contributed by atoms with Crippen molar-refractivity contribution >= 4 is 56.7 Å². The summed E-state index contributed by atoms with van der Waals surface area (Å²) in [6, 6.07) is 19.1. The molecule has 1 aromatic heterocycles. The Bertz CT molecular complexity index is 1360. The van der Waals surface area contributed by atoms with Gasteiger partial charge in [-0.3, -0.25) is 9.59 Å². The number of thiophene rings is 1. The predicted molar refractivity (Wildman–Crippen MR) is 142 cm³/mol. The molecule has 0 spiro atoms.